The van der Waals surface area contributed by atoms with Crippen LogP contribution in [0.5, 0.6) is 0 Å². The topological polar surface area (TPSA) is 34.4 Å². The van der Waals surface area contributed by atoms with Crippen molar-refractivity contribution in [1.82, 2.24) is 9.38 Å². The van der Waals surface area contributed by atoms with Gasteiger partial charge in [-0.15, -0.1) is 11.8 Å². The maximum atomic E-state index is 10.9. The van der Waals surface area contributed by atoms with E-state index in [-0.39, 0.29) is 0 Å². The number of hydrogen-bond acceptors (Lipinski definition) is 3. The monoisotopic (exact) mass is 206 g/mol. The molecule has 2 aromatic rings. The molecule has 72 valence electrons. The number of fused-ring (bicyclic) bond motifs is 1. The molecule has 0 saturated heterocycles. The van der Waals surface area contributed by atoms with Gasteiger partial charge in [-0.25, -0.2) is 4.98 Å². The first-order chi connectivity index (χ1) is 6.86. The van der Waals surface area contributed by atoms with Crippen LogP contribution >= 0.6 is 11.8 Å². The number of carbonyl (C=O) groups excluding carboxylic acids is 1. The first-order valence-electron chi connectivity index (χ1n) is 4.42. The lowest BCUT2D eigenvalue weighted by molar-refractivity contribution is 0.111. The molecule has 0 unspecified atom stereocenters. The quantitative estimate of drug-likeness (QED) is 0.570. The molecule has 3 nitrogen and oxygen atoms in total. The predicted octanol–water partition coefficient (Wildman–Crippen LogP) is 2.26. The Morgan fingerprint density at radius 2 is 2.43 bits per heavy atom. The van der Waals surface area contributed by atoms with Gasteiger partial charge in [0, 0.05) is 6.20 Å². The van der Waals surface area contributed by atoms with Gasteiger partial charge in [-0.05, 0) is 17.9 Å². The molecule has 0 spiro atoms. The first-order valence-corrected chi connectivity index (χ1v) is 5.40. The van der Waals surface area contributed by atoms with Gasteiger partial charge in [0.25, 0.3) is 0 Å². The lowest BCUT2D eigenvalue weighted by Gasteiger charge is -1.94. The minimum absolute atomic E-state index is 0.646. The molecule has 0 N–H and O–H groups in total. The number of aldehydes is 1. The third-order valence-electron chi connectivity index (χ3n) is 1.93. The summed E-state index contributed by atoms with van der Waals surface area (Å²) in [5.41, 5.74) is 1.47. The van der Waals surface area contributed by atoms with Crippen molar-refractivity contribution >= 4 is 23.7 Å². The van der Waals surface area contributed by atoms with Crippen LogP contribution in [0, 0.1) is 0 Å². The van der Waals surface area contributed by atoms with Crippen LogP contribution in [0.2, 0.25) is 0 Å². The zero-order valence-corrected chi connectivity index (χ0v) is 8.62. The molecule has 0 saturated carbocycles. The molecule has 0 fully saturated rings. The summed E-state index contributed by atoms with van der Waals surface area (Å²) < 4.78 is 1.81. The van der Waals surface area contributed by atoms with Crippen LogP contribution in [0.15, 0.2) is 29.4 Å². The Kier molecular flexibility index (Phi) is 2.54. The van der Waals surface area contributed by atoms with E-state index < -0.39 is 0 Å². The second kappa shape index (κ2) is 3.84. The van der Waals surface area contributed by atoms with Gasteiger partial charge in [-0.3, -0.25) is 9.20 Å². The van der Waals surface area contributed by atoms with E-state index in [4.69, 9.17) is 0 Å². The van der Waals surface area contributed by atoms with Crippen molar-refractivity contribution in [1.29, 1.82) is 0 Å². The third kappa shape index (κ3) is 1.42. The minimum Gasteiger partial charge on any atom is -0.296 e. The summed E-state index contributed by atoms with van der Waals surface area (Å²) in [6.45, 7) is 2.04. The maximum Gasteiger partial charge on any atom is 0.169 e. The second-order valence-corrected chi connectivity index (χ2v) is 4.03. The molecular weight excluding hydrogens is 196 g/mol. The van der Waals surface area contributed by atoms with Crippen LogP contribution in [0.1, 0.15) is 17.4 Å². The summed E-state index contributed by atoms with van der Waals surface area (Å²) in [7, 11) is 0. The molecule has 0 radical (unpaired) electrons. The highest BCUT2D eigenvalue weighted by atomic mass is 32.2. The lowest BCUT2D eigenvalue weighted by atomic mass is 10.4. The van der Waals surface area contributed by atoms with Crippen molar-refractivity contribution in [2.45, 2.75) is 11.9 Å². The molecule has 0 amide bonds. The number of nitrogens with zero attached hydrogens (tertiary/aromatic N) is 2. The molecule has 0 bridgehead atoms. The van der Waals surface area contributed by atoms with Crippen LogP contribution in [0.25, 0.3) is 5.65 Å². The standard InChI is InChI=1S/C10H10N2OS/c1-2-14-10-8(7-13)12-6-4-3-5-9(12)11-10/h3-7H,2H2,1H3. The molecule has 0 atom stereocenters. The highest BCUT2D eigenvalue weighted by Crippen LogP contribution is 2.21. The van der Waals surface area contributed by atoms with Crippen molar-refractivity contribution in [2.75, 3.05) is 5.75 Å². The summed E-state index contributed by atoms with van der Waals surface area (Å²) in [5.74, 6) is 0.921. The molecule has 0 aliphatic carbocycles. The van der Waals surface area contributed by atoms with Crippen molar-refractivity contribution in [3.63, 3.8) is 0 Å². The number of hydrogen-bond donors (Lipinski definition) is 0. The fourth-order valence-corrected chi connectivity index (χ4v) is 2.07. The fourth-order valence-electron chi connectivity index (χ4n) is 1.34. The van der Waals surface area contributed by atoms with Gasteiger partial charge < -0.3 is 0 Å². The lowest BCUT2D eigenvalue weighted by Crippen LogP contribution is -1.90. The number of thioether (sulfide) groups is 1. The van der Waals surface area contributed by atoms with Crippen molar-refractivity contribution < 1.29 is 4.79 Å². The van der Waals surface area contributed by atoms with Crippen molar-refractivity contribution in [3.05, 3.63) is 30.1 Å². The first kappa shape index (κ1) is 9.27. The van der Waals surface area contributed by atoms with E-state index in [1.807, 2.05) is 35.7 Å². The molecule has 4 heteroatoms. The molecule has 0 aliphatic heterocycles. The van der Waals surface area contributed by atoms with E-state index >= 15 is 0 Å². The SMILES string of the molecule is CCSc1nc2ccccn2c1C=O. The Bertz CT molecular complexity index is 464. The second-order valence-electron chi connectivity index (χ2n) is 2.78. The van der Waals surface area contributed by atoms with Crippen LogP contribution in [-0.4, -0.2) is 21.4 Å². The van der Waals surface area contributed by atoms with E-state index in [0.29, 0.717) is 5.69 Å². The average Bonchev–Trinajstić information content (AvgIpc) is 2.55. The third-order valence-corrected chi connectivity index (χ3v) is 2.79. The number of pyridine rings is 1. The normalized spacial score (nSPS) is 10.6. The Morgan fingerprint density at radius 1 is 1.57 bits per heavy atom. The predicted molar refractivity (Wildman–Crippen MR) is 57.0 cm³/mol. The summed E-state index contributed by atoms with van der Waals surface area (Å²) in [6.07, 6.45) is 2.71. The van der Waals surface area contributed by atoms with Crippen molar-refractivity contribution in [3.8, 4) is 0 Å². The van der Waals surface area contributed by atoms with Crippen molar-refractivity contribution in [2.24, 2.45) is 0 Å². The van der Waals surface area contributed by atoms with Gasteiger partial charge in [0.15, 0.2) is 6.29 Å². The van der Waals surface area contributed by atoms with Crippen LogP contribution in [-0.2, 0) is 0 Å². The van der Waals surface area contributed by atoms with Gasteiger partial charge in [0.05, 0.1) is 0 Å². The Balaban J connectivity index is 2.65. The smallest absolute Gasteiger partial charge is 0.169 e. The Morgan fingerprint density at radius 3 is 3.14 bits per heavy atom. The number of aromatic nitrogens is 2. The largest absolute Gasteiger partial charge is 0.296 e. The van der Waals surface area contributed by atoms with E-state index in [2.05, 4.69) is 4.98 Å². The van der Waals surface area contributed by atoms with E-state index in [9.17, 15) is 4.79 Å². The highest BCUT2D eigenvalue weighted by molar-refractivity contribution is 7.99. The number of carbonyl (C=O) groups is 1. The molecule has 2 rings (SSSR count). The fraction of sp³-hybridized carbons (Fsp3) is 0.200. The average molecular weight is 206 g/mol. The van der Waals surface area contributed by atoms with Crippen LogP contribution in [0.3, 0.4) is 0 Å². The molecular formula is C10H10N2OS. The van der Waals surface area contributed by atoms with Crippen LogP contribution < -0.4 is 0 Å². The maximum absolute atomic E-state index is 10.9. The molecule has 0 aromatic carbocycles. The van der Waals surface area contributed by atoms with E-state index in [1.54, 1.807) is 11.8 Å². The van der Waals surface area contributed by atoms with Crippen LogP contribution in [0.4, 0.5) is 0 Å². The number of rotatable bonds is 3. The number of imidazole rings is 1. The Labute approximate surface area is 86.1 Å². The highest BCUT2D eigenvalue weighted by Gasteiger charge is 2.09. The summed E-state index contributed by atoms with van der Waals surface area (Å²) in [6, 6.07) is 5.70. The molecule has 14 heavy (non-hydrogen) atoms. The van der Waals surface area contributed by atoms with E-state index in [1.165, 1.54) is 0 Å². The van der Waals surface area contributed by atoms with Gasteiger partial charge in [-0.1, -0.05) is 13.0 Å². The Hall–Kier alpha value is -1.29. The summed E-state index contributed by atoms with van der Waals surface area (Å²) in [5, 5.41) is 0.814. The van der Waals surface area contributed by atoms with Gasteiger partial charge in [0.1, 0.15) is 16.4 Å². The van der Waals surface area contributed by atoms with Gasteiger partial charge in [0.2, 0.25) is 0 Å². The zero-order valence-electron chi connectivity index (χ0n) is 7.80. The molecule has 2 heterocycles. The summed E-state index contributed by atoms with van der Waals surface area (Å²) >= 11 is 1.59. The zero-order chi connectivity index (χ0) is 9.97. The summed E-state index contributed by atoms with van der Waals surface area (Å²) in [4.78, 5) is 15.3. The van der Waals surface area contributed by atoms with Gasteiger partial charge in [-0.2, -0.15) is 0 Å². The molecule has 0 aliphatic rings. The minimum atomic E-state index is 0.646. The van der Waals surface area contributed by atoms with Gasteiger partial charge >= 0.3 is 0 Å². The molecule has 2 aromatic heterocycles. The van der Waals surface area contributed by atoms with E-state index in [0.717, 1.165) is 22.7 Å².